The molecule has 4 aromatic rings. The molecule has 1 aromatic carbocycles. The minimum Gasteiger partial charge on any atom is -0.372 e. The number of aromatic nitrogens is 4. The Balaban J connectivity index is 1.34. The van der Waals surface area contributed by atoms with Crippen molar-refractivity contribution >= 4 is 17.3 Å². The summed E-state index contributed by atoms with van der Waals surface area (Å²) in [6.07, 6.45) is 4.17. The molecule has 0 spiro atoms. The van der Waals surface area contributed by atoms with Crippen LogP contribution < -0.4 is 9.80 Å². The summed E-state index contributed by atoms with van der Waals surface area (Å²) >= 11 is 0. The van der Waals surface area contributed by atoms with Crippen LogP contribution in [0.1, 0.15) is 38.3 Å². The van der Waals surface area contributed by atoms with E-state index in [0.717, 1.165) is 66.7 Å². The predicted molar refractivity (Wildman–Crippen MR) is 134 cm³/mol. The Bertz CT molecular complexity index is 1350. The Morgan fingerprint density at radius 3 is 2.63 bits per heavy atom. The van der Waals surface area contributed by atoms with Gasteiger partial charge in [-0.25, -0.2) is 18.9 Å². The molecule has 0 radical (unpaired) electrons. The number of rotatable bonds is 4. The number of hydrogen-bond acceptors (Lipinski definition) is 6. The van der Waals surface area contributed by atoms with Gasteiger partial charge in [0.1, 0.15) is 23.1 Å². The van der Waals surface area contributed by atoms with Crippen molar-refractivity contribution in [1.29, 1.82) is 0 Å². The van der Waals surface area contributed by atoms with Gasteiger partial charge < -0.3 is 14.5 Å². The highest BCUT2D eigenvalue weighted by molar-refractivity contribution is 5.62. The standard InChI is InChI=1S/C27H29FN6O/c1-18-16-32(17-19(2)35-18)26-10-4-8-22(30-26)24-15-29-25-11-12-27(31-34(24)25)33-13-5-9-23(33)20-6-3-7-21(28)14-20/h3-4,6-8,10-12,14-15,18-19,23H,5,9,13,16-17H2,1-2H3/t18-,19+,23?. The number of morpholine rings is 1. The van der Waals surface area contributed by atoms with Crippen LogP contribution in [0.2, 0.25) is 0 Å². The first-order valence-corrected chi connectivity index (χ1v) is 12.3. The molecule has 2 aliphatic rings. The van der Waals surface area contributed by atoms with E-state index in [-0.39, 0.29) is 24.1 Å². The fraction of sp³-hybridized carbons (Fsp3) is 0.370. The maximum atomic E-state index is 13.9. The first-order chi connectivity index (χ1) is 17.0. The number of fused-ring (bicyclic) bond motifs is 1. The largest absolute Gasteiger partial charge is 0.372 e. The van der Waals surface area contributed by atoms with Gasteiger partial charge in [-0.2, -0.15) is 0 Å². The Morgan fingerprint density at radius 1 is 0.971 bits per heavy atom. The predicted octanol–water partition coefficient (Wildman–Crippen LogP) is 4.89. The lowest BCUT2D eigenvalue weighted by Crippen LogP contribution is -2.45. The van der Waals surface area contributed by atoms with Gasteiger partial charge in [0.05, 0.1) is 30.1 Å². The SMILES string of the molecule is C[C@@H]1CN(c2cccc(-c3cnc4ccc(N5CCCC5c5cccc(F)c5)nn34)n2)C[C@H](C)O1. The van der Waals surface area contributed by atoms with Gasteiger partial charge >= 0.3 is 0 Å². The summed E-state index contributed by atoms with van der Waals surface area (Å²) in [6, 6.07) is 17.1. The molecule has 8 heteroatoms. The van der Waals surface area contributed by atoms with E-state index in [1.807, 2.05) is 47.1 Å². The van der Waals surface area contributed by atoms with Crippen molar-refractivity contribution in [3.05, 3.63) is 72.2 Å². The molecule has 3 aromatic heterocycles. The van der Waals surface area contributed by atoms with Crippen molar-refractivity contribution in [2.24, 2.45) is 0 Å². The quantitative estimate of drug-likeness (QED) is 0.422. The summed E-state index contributed by atoms with van der Waals surface area (Å²) in [7, 11) is 0. The summed E-state index contributed by atoms with van der Waals surface area (Å²) in [5, 5.41) is 4.97. The Kier molecular flexibility index (Phi) is 5.60. The molecule has 0 N–H and O–H groups in total. The van der Waals surface area contributed by atoms with Crippen LogP contribution in [0.25, 0.3) is 17.0 Å². The zero-order valence-corrected chi connectivity index (χ0v) is 20.0. The Morgan fingerprint density at radius 2 is 1.80 bits per heavy atom. The molecule has 2 fully saturated rings. The highest BCUT2D eigenvalue weighted by Crippen LogP contribution is 2.35. The van der Waals surface area contributed by atoms with Crippen LogP contribution in [0, 0.1) is 5.82 Å². The molecule has 180 valence electrons. The van der Waals surface area contributed by atoms with E-state index in [2.05, 4.69) is 28.6 Å². The summed E-state index contributed by atoms with van der Waals surface area (Å²) < 4.78 is 21.7. The second kappa shape index (κ2) is 8.92. The number of imidazole rings is 1. The van der Waals surface area contributed by atoms with Crippen molar-refractivity contribution < 1.29 is 9.13 Å². The Labute approximate surface area is 204 Å². The van der Waals surface area contributed by atoms with E-state index >= 15 is 0 Å². The van der Waals surface area contributed by atoms with E-state index in [1.165, 1.54) is 6.07 Å². The van der Waals surface area contributed by atoms with Crippen molar-refractivity contribution in [1.82, 2.24) is 19.6 Å². The van der Waals surface area contributed by atoms with Crippen LogP contribution in [-0.4, -0.2) is 51.4 Å². The fourth-order valence-corrected chi connectivity index (χ4v) is 5.40. The minimum atomic E-state index is -0.204. The lowest BCUT2D eigenvalue weighted by molar-refractivity contribution is -0.00545. The molecule has 0 amide bonds. The average molecular weight is 473 g/mol. The molecular formula is C27H29FN6O. The normalized spacial score (nSPS) is 22.8. The van der Waals surface area contributed by atoms with Crippen LogP contribution in [0.15, 0.2) is 60.8 Å². The topological polar surface area (TPSA) is 58.8 Å². The summed E-state index contributed by atoms with van der Waals surface area (Å²) in [5.41, 5.74) is 3.43. The first-order valence-electron chi connectivity index (χ1n) is 12.3. The number of pyridine rings is 1. The van der Waals surface area contributed by atoms with Gasteiger partial charge in [-0.1, -0.05) is 18.2 Å². The maximum Gasteiger partial charge on any atom is 0.154 e. The minimum absolute atomic E-state index is 0.106. The zero-order valence-electron chi connectivity index (χ0n) is 20.0. The third-order valence-electron chi connectivity index (χ3n) is 6.87. The van der Waals surface area contributed by atoms with Crippen LogP contribution in [0.5, 0.6) is 0 Å². The number of benzene rings is 1. The molecule has 35 heavy (non-hydrogen) atoms. The molecular weight excluding hydrogens is 443 g/mol. The highest BCUT2D eigenvalue weighted by Gasteiger charge is 2.28. The van der Waals surface area contributed by atoms with Crippen LogP contribution in [0.3, 0.4) is 0 Å². The van der Waals surface area contributed by atoms with E-state index in [9.17, 15) is 4.39 Å². The number of ether oxygens (including phenoxy) is 1. The summed E-state index contributed by atoms with van der Waals surface area (Å²) in [6.45, 7) is 6.69. The van der Waals surface area contributed by atoms with Gasteiger partial charge in [-0.05, 0) is 68.7 Å². The zero-order chi connectivity index (χ0) is 23.9. The lowest BCUT2D eigenvalue weighted by atomic mass is 10.0. The molecule has 0 bridgehead atoms. The average Bonchev–Trinajstić information content (AvgIpc) is 3.51. The van der Waals surface area contributed by atoms with E-state index in [4.69, 9.17) is 14.8 Å². The maximum absolute atomic E-state index is 13.9. The molecule has 6 rings (SSSR count). The van der Waals surface area contributed by atoms with Crippen molar-refractivity contribution in [2.45, 2.75) is 44.9 Å². The van der Waals surface area contributed by atoms with Crippen molar-refractivity contribution in [2.75, 3.05) is 29.4 Å². The van der Waals surface area contributed by atoms with Gasteiger partial charge in [-0.15, -0.1) is 5.10 Å². The fourth-order valence-electron chi connectivity index (χ4n) is 5.40. The first kappa shape index (κ1) is 22.0. The molecule has 0 aliphatic carbocycles. The van der Waals surface area contributed by atoms with Crippen LogP contribution in [0.4, 0.5) is 16.0 Å². The number of hydrogen-bond donors (Lipinski definition) is 0. The van der Waals surface area contributed by atoms with E-state index in [1.54, 1.807) is 12.1 Å². The number of halogens is 1. The van der Waals surface area contributed by atoms with E-state index < -0.39 is 0 Å². The second-order valence-corrected chi connectivity index (χ2v) is 9.55. The molecule has 2 saturated heterocycles. The third kappa shape index (κ3) is 4.23. The third-order valence-corrected chi connectivity index (χ3v) is 6.87. The Hall–Kier alpha value is -3.52. The van der Waals surface area contributed by atoms with Gasteiger partial charge in [0.25, 0.3) is 0 Å². The molecule has 5 heterocycles. The number of anilines is 2. The van der Waals surface area contributed by atoms with E-state index in [0.29, 0.717) is 0 Å². The monoisotopic (exact) mass is 472 g/mol. The molecule has 3 atom stereocenters. The highest BCUT2D eigenvalue weighted by atomic mass is 19.1. The van der Waals surface area contributed by atoms with Crippen molar-refractivity contribution in [3.63, 3.8) is 0 Å². The molecule has 0 saturated carbocycles. The number of nitrogens with zero attached hydrogens (tertiary/aromatic N) is 6. The van der Waals surface area contributed by atoms with Gasteiger partial charge in [0.2, 0.25) is 0 Å². The smallest absolute Gasteiger partial charge is 0.154 e. The van der Waals surface area contributed by atoms with Gasteiger partial charge in [0, 0.05) is 19.6 Å². The summed E-state index contributed by atoms with van der Waals surface area (Å²) in [5.74, 6) is 1.58. The van der Waals surface area contributed by atoms with Crippen LogP contribution in [-0.2, 0) is 4.74 Å². The summed E-state index contributed by atoms with van der Waals surface area (Å²) in [4.78, 5) is 14.1. The second-order valence-electron chi connectivity index (χ2n) is 9.55. The van der Waals surface area contributed by atoms with Crippen LogP contribution >= 0.6 is 0 Å². The van der Waals surface area contributed by atoms with Crippen molar-refractivity contribution in [3.8, 4) is 11.4 Å². The lowest BCUT2D eigenvalue weighted by Gasteiger charge is -2.36. The molecule has 2 aliphatic heterocycles. The van der Waals surface area contributed by atoms with Gasteiger partial charge in [0.15, 0.2) is 5.65 Å². The molecule has 1 unspecified atom stereocenters. The van der Waals surface area contributed by atoms with Gasteiger partial charge in [-0.3, -0.25) is 0 Å². The molecule has 7 nitrogen and oxygen atoms in total.